The number of anilines is 1. The molecule has 1 aromatic carbocycles. The van der Waals surface area contributed by atoms with E-state index in [4.69, 9.17) is 22.4 Å². The van der Waals surface area contributed by atoms with Crippen LogP contribution >= 0.6 is 11.6 Å². The Morgan fingerprint density at radius 3 is 2.56 bits per heavy atom. The molecule has 1 aromatic rings. The number of nitrogens with one attached hydrogen (secondary N) is 1. The first-order chi connectivity index (χ1) is 8.18. The number of nitrogens with two attached hydrogens (primary N) is 1. The summed E-state index contributed by atoms with van der Waals surface area (Å²) in [5.41, 5.74) is 5.25. The van der Waals surface area contributed by atoms with Gasteiger partial charge >= 0.3 is 0 Å². The first-order valence-electron chi connectivity index (χ1n) is 5.33. The number of rotatable bonds is 5. The number of halogens is 1. The van der Waals surface area contributed by atoms with Crippen molar-refractivity contribution in [1.82, 2.24) is 4.72 Å². The summed E-state index contributed by atoms with van der Waals surface area (Å²) in [5.74, 6) is 0. The maximum atomic E-state index is 12.0. The van der Waals surface area contributed by atoms with Gasteiger partial charge in [0.05, 0.1) is 15.6 Å². The zero-order valence-corrected chi connectivity index (χ0v) is 11.8. The maximum absolute atomic E-state index is 12.0. The Balaban J connectivity index is 2.90. The molecule has 0 atom stereocenters. The van der Waals surface area contributed by atoms with Crippen LogP contribution in [0.5, 0.6) is 0 Å². The molecule has 7 heteroatoms. The third-order valence-electron chi connectivity index (χ3n) is 2.45. The summed E-state index contributed by atoms with van der Waals surface area (Å²) < 4.78 is 26.4. The lowest BCUT2D eigenvalue weighted by molar-refractivity contribution is 0.163. The van der Waals surface area contributed by atoms with Gasteiger partial charge in [0.2, 0.25) is 10.0 Å². The van der Waals surface area contributed by atoms with Crippen LogP contribution in [0, 0.1) is 5.41 Å². The Bertz CT molecular complexity index is 529. The monoisotopic (exact) mass is 292 g/mol. The molecule has 4 N–H and O–H groups in total. The van der Waals surface area contributed by atoms with Gasteiger partial charge in [-0.1, -0.05) is 25.4 Å². The topological polar surface area (TPSA) is 92.4 Å². The molecule has 0 bridgehead atoms. The van der Waals surface area contributed by atoms with E-state index < -0.39 is 15.4 Å². The van der Waals surface area contributed by atoms with E-state index in [1.54, 1.807) is 13.8 Å². The molecule has 0 saturated heterocycles. The van der Waals surface area contributed by atoms with Crippen LogP contribution in [0.25, 0.3) is 0 Å². The highest BCUT2D eigenvalue weighted by atomic mass is 35.5. The quantitative estimate of drug-likeness (QED) is 0.712. The molecule has 0 aliphatic rings. The van der Waals surface area contributed by atoms with Crippen LogP contribution in [-0.2, 0) is 10.0 Å². The van der Waals surface area contributed by atoms with Crippen molar-refractivity contribution in [1.29, 1.82) is 0 Å². The minimum Gasteiger partial charge on any atom is -0.397 e. The van der Waals surface area contributed by atoms with Crippen molar-refractivity contribution < 1.29 is 13.5 Å². The van der Waals surface area contributed by atoms with E-state index >= 15 is 0 Å². The zero-order chi connectivity index (χ0) is 14.0. The third kappa shape index (κ3) is 3.84. The fourth-order valence-corrected chi connectivity index (χ4v) is 2.51. The van der Waals surface area contributed by atoms with Crippen LogP contribution in [-0.4, -0.2) is 26.7 Å². The van der Waals surface area contributed by atoms with Crippen molar-refractivity contribution in [3.63, 3.8) is 0 Å². The predicted octanol–water partition coefficient (Wildman–Crippen LogP) is 1.22. The van der Waals surface area contributed by atoms with Crippen molar-refractivity contribution in [3.8, 4) is 0 Å². The van der Waals surface area contributed by atoms with Gasteiger partial charge in [-0.25, -0.2) is 13.1 Å². The van der Waals surface area contributed by atoms with Gasteiger partial charge in [-0.2, -0.15) is 0 Å². The molecule has 0 fully saturated rings. The van der Waals surface area contributed by atoms with E-state index in [-0.39, 0.29) is 23.7 Å². The average Bonchev–Trinajstić information content (AvgIpc) is 2.30. The molecule has 0 spiro atoms. The Morgan fingerprint density at radius 1 is 1.44 bits per heavy atom. The number of hydrogen-bond donors (Lipinski definition) is 3. The molecule has 0 aliphatic carbocycles. The summed E-state index contributed by atoms with van der Waals surface area (Å²) in [6.45, 7) is 3.53. The molecular weight excluding hydrogens is 276 g/mol. The molecule has 1 rings (SSSR count). The van der Waals surface area contributed by atoms with Crippen molar-refractivity contribution in [3.05, 3.63) is 23.2 Å². The van der Waals surface area contributed by atoms with Crippen LogP contribution < -0.4 is 10.5 Å². The fourth-order valence-electron chi connectivity index (χ4n) is 1.12. The van der Waals surface area contributed by atoms with Gasteiger partial charge in [0, 0.05) is 18.6 Å². The van der Waals surface area contributed by atoms with E-state index in [1.165, 1.54) is 18.2 Å². The number of benzene rings is 1. The van der Waals surface area contributed by atoms with Gasteiger partial charge in [0.25, 0.3) is 0 Å². The first kappa shape index (κ1) is 15.2. The minimum atomic E-state index is -3.64. The second-order valence-electron chi connectivity index (χ2n) is 4.83. The van der Waals surface area contributed by atoms with Gasteiger partial charge in [-0.3, -0.25) is 0 Å². The molecule has 0 amide bonds. The summed E-state index contributed by atoms with van der Waals surface area (Å²) in [4.78, 5) is 0.0538. The van der Waals surface area contributed by atoms with E-state index in [0.717, 1.165) is 0 Å². The van der Waals surface area contributed by atoms with Crippen LogP contribution in [0.2, 0.25) is 5.02 Å². The predicted molar refractivity (Wildman–Crippen MR) is 71.9 cm³/mol. The Hall–Kier alpha value is -0.820. The van der Waals surface area contributed by atoms with E-state index in [2.05, 4.69) is 4.72 Å². The van der Waals surface area contributed by atoms with Gasteiger partial charge < -0.3 is 10.8 Å². The lowest BCUT2D eigenvalue weighted by Gasteiger charge is -2.21. The molecule has 0 aliphatic heterocycles. The lowest BCUT2D eigenvalue weighted by atomic mass is 9.96. The lowest BCUT2D eigenvalue weighted by Crippen LogP contribution is -2.36. The van der Waals surface area contributed by atoms with Crippen molar-refractivity contribution in [2.45, 2.75) is 18.7 Å². The smallest absolute Gasteiger partial charge is 0.240 e. The second kappa shape index (κ2) is 5.44. The number of aliphatic hydroxyl groups excluding tert-OH is 1. The molecule has 102 valence electrons. The Kier molecular flexibility index (Phi) is 4.61. The minimum absolute atomic E-state index is 0.0538. The summed E-state index contributed by atoms with van der Waals surface area (Å²) in [7, 11) is -3.64. The summed E-state index contributed by atoms with van der Waals surface area (Å²) in [6, 6.07) is 4.12. The highest BCUT2D eigenvalue weighted by Crippen LogP contribution is 2.22. The number of aliphatic hydroxyl groups is 1. The van der Waals surface area contributed by atoms with Crippen LogP contribution in [0.15, 0.2) is 23.1 Å². The van der Waals surface area contributed by atoms with Gasteiger partial charge in [0.15, 0.2) is 0 Å². The van der Waals surface area contributed by atoms with Crippen molar-refractivity contribution in [2.75, 3.05) is 18.9 Å². The largest absolute Gasteiger partial charge is 0.397 e. The second-order valence-corrected chi connectivity index (χ2v) is 7.00. The summed E-state index contributed by atoms with van der Waals surface area (Å²) >= 11 is 5.73. The molecule has 0 saturated carbocycles. The molecule has 0 heterocycles. The normalized spacial score (nSPS) is 12.7. The van der Waals surface area contributed by atoms with E-state index in [9.17, 15) is 8.42 Å². The van der Waals surface area contributed by atoms with Crippen LogP contribution in [0.3, 0.4) is 0 Å². The maximum Gasteiger partial charge on any atom is 0.240 e. The summed E-state index contributed by atoms with van der Waals surface area (Å²) in [6.07, 6.45) is 0. The molecule has 0 aromatic heterocycles. The third-order valence-corrected chi connectivity index (χ3v) is 4.19. The van der Waals surface area contributed by atoms with Crippen LogP contribution in [0.4, 0.5) is 5.69 Å². The highest BCUT2D eigenvalue weighted by molar-refractivity contribution is 7.89. The fraction of sp³-hybridized carbons (Fsp3) is 0.455. The van der Waals surface area contributed by atoms with E-state index in [1.807, 2.05) is 0 Å². The van der Waals surface area contributed by atoms with Crippen molar-refractivity contribution >= 4 is 27.3 Å². The molecule has 5 nitrogen and oxygen atoms in total. The van der Waals surface area contributed by atoms with Gasteiger partial charge in [0.1, 0.15) is 0 Å². The average molecular weight is 293 g/mol. The van der Waals surface area contributed by atoms with E-state index in [0.29, 0.717) is 5.02 Å². The molecule has 0 radical (unpaired) electrons. The molecule has 18 heavy (non-hydrogen) atoms. The standard InChI is InChI=1S/C11H17ClN2O3S/c1-11(2,7-15)6-14-18(16,17)8-3-4-9(12)10(13)5-8/h3-5,14-15H,6-7,13H2,1-2H3. The Labute approximate surface area is 112 Å². The summed E-state index contributed by atoms with van der Waals surface area (Å²) in [5, 5.41) is 9.38. The first-order valence-corrected chi connectivity index (χ1v) is 7.20. The van der Waals surface area contributed by atoms with Crippen molar-refractivity contribution in [2.24, 2.45) is 5.41 Å². The Morgan fingerprint density at radius 2 is 2.06 bits per heavy atom. The number of hydrogen-bond acceptors (Lipinski definition) is 4. The number of sulfonamides is 1. The van der Waals surface area contributed by atoms with Crippen LogP contribution in [0.1, 0.15) is 13.8 Å². The SMILES string of the molecule is CC(C)(CO)CNS(=O)(=O)c1ccc(Cl)c(N)c1. The zero-order valence-electron chi connectivity index (χ0n) is 10.3. The molecule has 0 unspecified atom stereocenters. The van der Waals surface area contributed by atoms with Gasteiger partial charge in [-0.05, 0) is 18.2 Å². The highest BCUT2D eigenvalue weighted by Gasteiger charge is 2.21. The molecular formula is C11H17ClN2O3S. The number of nitrogen functional groups attached to an aromatic ring is 1. The van der Waals surface area contributed by atoms with Gasteiger partial charge in [-0.15, -0.1) is 0 Å².